The summed E-state index contributed by atoms with van der Waals surface area (Å²) in [6, 6.07) is 13.4. The number of halogens is 1. The molecule has 4 nitrogen and oxygen atoms in total. The van der Waals surface area contributed by atoms with Crippen LogP contribution in [0.4, 0.5) is 5.69 Å². The minimum Gasteiger partial charge on any atom is -0.396 e. The molecule has 2 N–H and O–H groups in total. The second-order valence-corrected chi connectivity index (χ2v) is 4.91. The van der Waals surface area contributed by atoms with E-state index in [2.05, 4.69) is 10.1 Å². The zero-order valence-electron chi connectivity index (χ0n) is 10.7. The van der Waals surface area contributed by atoms with Crippen molar-refractivity contribution in [1.29, 1.82) is 0 Å². The van der Waals surface area contributed by atoms with E-state index in [1.165, 1.54) is 0 Å². The van der Waals surface area contributed by atoms with Crippen LogP contribution in [0.5, 0.6) is 0 Å². The number of nitrogens with two attached hydrogens (primary N) is 1. The maximum Gasteiger partial charge on any atom is 0.134 e. The van der Waals surface area contributed by atoms with E-state index in [0.29, 0.717) is 22.9 Å². The molecule has 0 unspecified atom stereocenters. The molecule has 5 heteroatoms. The quantitative estimate of drug-likeness (QED) is 0.803. The van der Waals surface area contributed by atoms with Gasteiger partial charge in [0.25, 0.3) is 0 Å². The van der Waals surface area contributed by atoms with Crippen molar-refractivity contribution < 1.29 is 0 Å². The smallest absolute Gasteiger partial charge is 0.134 e. The molecule has 0 atom stereocenters. The van der Waals surface area contributed by atoms with Gasteiger partial charge in [0, 0.05) is 17.4 Å². The molecular weight excluding hydrogens is 272 g/mol. The number of nitrogen functional groups attached to an aromatic ring is 1. The van der Waals surface area contributed by atoms with E-state index >= 15 is 0 Å². The highest BCUT2D eigenvalue weighted by molar-refractivity contribution is 6.30. The number of hydrogen-bond acceptors (Lipinski definition) is 3. The number of anilines is 1. The number of pyridine rings is 1. The molecule has 0 spiro atoms. The minimum atomic E-state index is 0.616. The lowest BCUT2D eigenvalue weighted by Gasteiger charge is -2.02. The Morgan fingerprint density at radius 1 is 1.15 bits per heavy atom. The number of nitrogens with zero attached hydrogens (tertiary/aromatic N) is 3. The second-order valence-electron chi connectivity index (χ2n) is 4.48. The van der Waals surface area contributed by atoms with Gasteiger partial charge in [0.05, 0.1) is 17.9 Å². The first-order chi connectivity index (χ1) is 9.72. The first-order valence-corrected chi connectivity index (χ1v) is 6.59. The van der Waals surface area contributed by atoms with Gasteiger partial charge in [0.15, 0.2) is 0 Å². The van der Waals surface area contributed by atoms with Crippen molar-refractivity contribution in [3.63, 3.8) is 0 Å². The van der Waals surface area contributed by atoms with E-state index in [-0.39, 0.29) is 0 Å². The van der Waals surface area contributed by atoms with Crippen molar-refractivity contribution in [3.8, 4) is 11.4 Å². The Labute approximate surface area is 121 Å². The van der Waals surface area contributed by atoms with Crippen LogP contribution in [0, 0.1) is 0 Å². The summed E-state index contributed by atoms with van der Waals surface area (Å²) in [5, 5.41) is 5.21. The van der Waals surface area contributed by atoms with Gasteiger partial charge >= 0.3 is 0 Å². The third-order valence-corrected chi connectivity index (χ3v) is 3.17. The van der Waals surface area contributed by atoms with E-state index in [4.69, 9.17) is 17.3 Å². The molecule has 0 amide bonds. The summed E-state index contributed by atoms with van der Waals surface area (Å²) < 4.78 is 1.80. The molecule has 0 bridgehead atoms. The molecule has 2 heterocycles. The lowest BCUT2D eigenvalue weighted by Crippen LogP contribution is -2.00. The largest absolute Gasteiger partial charge is 0.396 e. The van der Waals surface area contributed by atoms with Crippen molar-refractivity contribution in [1.82, 2.24) is 14.8 Å². The molecule has 0 saturated heterocycles. The molecule has 3 rings (SSSR count). The monoisotopic (exact) mass is 284 g/mol. The SMILES string of the molecule is Nc1cn(Cc2cccc(Cl)c2)nc1-c1ccccn1. The first-order valence-electron chi connectivity index (χ1n) is 6.21. The highest BCUT2D eigenvalue weighted by atomic mass is 35.5. The molecule has 100 valence electrons. The fourth-order valence-electron chi connectivity index (χ4n) is 2.04. The molecule has 20 heavy (non-hydrogen) atoms. The Bertz CT molecular complexity index is 722. The van der Waals surface area contributed by atoms with Gasteiger partial charge in [-0.2, -0.15) is 5.10 Å². The average molecular weight is 285 g/mol. The fourth-order valence-corrected chi connectivity index (χ4v) is 2.25. The maximum atomic E-state index is 6.01. The van der Waals surface area contributed by atoms with Gasteiger partial charge in [0.2, 0.25) is 0 Å². The molecule has 3 aromatic rings. The van der Waals surface area contributed by atoms with Gasteiger partial charge in [0.1, 0.15) is 5.69 Å². The van der Waals surface area contributed by atoms with Crippen LogP contribution >= 0.6 is 11.6 Å². The Morgan fingerprint density at radius 2 is 2.05 bits per heavy atom. The summed E-state index contributed by atoms with van der Waals surface area (Å²) in [5.41, 5.74) is 9.17. The van der Waals surface area contributed by atoms with Gasteiger partial charge in [-0.15, -0.1) is 0 Å². The van der Waals surface area contributed by atoms with Crippen LogP contribution < -0.4 is 5.73 Å². The lowest BCUT2D eigenvalue weighted by molar-refractivity contribution is 0.689. The fraction of sp³-hybridized carbons (Fsp3) is 0.0667. The normalized spacial score (nSPS) is 10.7. The molecular formula is C15H13ClN4. The summed E-state index contributed by atoms with van der Waals surface area (Å²) in [6.45, 7) is 0.623. The van der Waals surface area contributed by atoms with Crippen molar-refractivity contribution in [2.45, 2.75) is 6.54 Å². The molecule has 0 radical (unpaired) electrons. The van der Waals surface area contributed by atoms with E-state index in [0.717, 1.165) is 11.3 Å². The zero-order valence-corrected chi connectivity index (χ0v) is 11.5. The zero-order chi connectivity index (χ0) is 13.9. The van der Waals surface area contributed by atoms with Crippen molar-refractivity contribution in [2.24, 2.45) is 0 Å². The summed E-state index contributed by atoms with van der Waals surface area (Å²) >= 11 is 5.98. The van der Waals surface area contributed by atoms with Crippen LogP contribution in [0.1, 0.15) is 5.56 Å². The summed E-state index contributed by atoms with van der Waals surface area (Å²) in [6.07, 6.45) is 3.54. The van der Waals surface area contributed by atoms with Gasteiger partial charge in [-0.25, -0.2) is 0 Å². The summed E-state index contributed by atoms with van der Waals surface area (Å²) in [5.74, 6) is 0. The highest BCUT2D eigenvalue weighted by Crippen LogP contribution is 2.22. The molecule has 2 aromatic heterocycles. The van der Waals surface area contributed by atoms with E-state index in [1.54, 1.807) is 10.9 Å². The molecule has 0 fully saturated rings. The van der Waals surface area contributed by atoms with Crippen LogP contribution in [0.3, 0.4) is 0 Å². The topological polar surface area (TPSA) is 56.7 Å². The number of hydrogen-bond donors (Lipinski definition) is 1. The third kappa shape index (κ3) is 2.65. The average Bonchev–Trinajstić information content (AvgIpc) is 2.80. The summed E-state index contributed by atoms with van der Waals surface area (Å²) in [4.78, 5) is 4.27. The van der Waals surface area contributed by atoms with Crippen molar-refractivity contribution in [3.05, 3.63) is 65.4 Å². The Balaban J connectivity index is 1.90. The molecule has 1 aromatic carbocycles. The Hall–Kier alpha value is -2.33. The van der Waals surface area contributed by atoms with Gasteiger partial charge in [-0.1, -0.05) is 29.8 Å². The Kier molecular flexibility index (Phi) is 3.39. The number of rotatable bonds is 3. The van der Waals surface area contributed by atoms with Crippen molar-refractivity contribution >= 4 is 17.3 Å². The Morgan fingerprint density at radius 3 is 2.80 bits per heavy atom. The van der Waals surface area contributed by atoms with Gasteiger partial charge < -0.3 is 5.73 Å². The third-order valence-electron chi connectivity index (χ3n) is 2.93. The minimum absolute atomic E-state index is 0.616. The van der Waals surface area contributed by atoms with Crippen LogP contribution in [-0.4, -0.2) is 14.8 Å². The van der Waals surface area contributed by atoms with Crippen LogP contribution in [-0.2, 0) is 6.54 Å². The van der Waals surface area contributed by atoms with Gasteiger partial charge in [-0.3, -0.25) is 9.67 Å². The second kappa shape index (κ2) is 5.35. The predicted molar refractivity (Wildman–Crippen MR) is 80.4 cm³/mol. The highest BCUT2D eigenvalue weighted by Gasteiger charge is 2.09. The maximum absolute atomic E-state index is 6.01. The number of benzene rings is 1. The van der Waals surface area contributed by atoms with Gasteiger partial charge in [-0.05, 0) is 29.8 Å². The van der Waals surface area contributed by atoms with Crippen molar-refractivity contribution in [2.75, 3.05) is 5.73 Å². The van der Waals surface area contributed by atoms with Crippen LogP contribution in [0.25, 0.3) is 11.4 Å². The summed E-state index contributed by atoms with van der Waals surface area (Å²) in [7, 11) is 0. The molecule has 0 aliphatic heterocycles. The van der Waals surface area contributed by atoms with Crippen LogP contribution in [0.15, 0.2) is 54.9 Å². The molecule has 0 aliphatic rings. The van der Waals surface area contributed by atoms with Crippen LogP contribution in [0.2, 0.25) is 5.02 Å². The van der Waals surface area contributed by atoms with E-state index in [1.807, 2.05) is 48.7 Å². The van der Waals surface area contributed by atoms with E-state index in [9.17, 15) is 0 Å². The lowest BCUT2D eigenvalue weighted by atomic mass is 10.2. The number of aromatic nitrogens is 3. The first kappa shape index (κ1) is 12.7. The molecule has 0 aliphatic carbocycles. The predicted octanol–water partition coefficient (Wildman–Crippen LogP) is 3.23. The standard InChI is InChI=1S/C15H13ClN4/c16-12-5-3-4-11(8-12)9-20-10-13(17)15(19-20)14-6-1-2-7-18-14/h1-8,10H,9,17H2. The van der Waals surface area contributed by atoms with E-state index < -0.39 is 0 Å². The molecule has 0 saturated carbocycles.